The Balaban J connectivity index is 0.000000547. The quantitative estimate of drug-likeness (QED) is 0.410. The van der Waals surface area contributed by atoms with Gasteiger partial charge in [-0.15, -0.1) is 0 Å². The lowest BCUT2D eigenvalue weighted by Crippen LogP contribution is -2.13. The van der Waals surface area contributed by atoms with Gasteiger partial charge in [0, 0.05) is 0 Å². The lowest BCUT2D eigenvalue weighted by molar-refractivity contribution is 0.0502. The molecule has 0 aliphatic carbocycles. The average molecular weight is 422 g/mol. The van der Waals surface area contributed by atoms with Gasteiger partial charge in [-0.05, 0) is 48.5 Å². The third-order valence-corrected chi connectivity index (χ3v) is 3.88. The minimum atomic E-state index is -0.601. The highest BCUT2D eigenvalue weighted by Crippen LogP contribution is 2.15. The summed E-state index contributed by atoms with van der Waals surface area (Å²) in [5.41, 5.74) is 3.68. The van der Waals surface area contributed by atoms with E-state index in [2.05, 4.69) is 68.2 Å². The largest absolute Gasteiger partial charge is 0.387 e. The second-order valence-electron chi connectivity index (χ2n) is 6.22. The molecule has 2 rings (SSSR count). The predicted molar refractivity (Wildman–Crippen MR) is 135 cm³/mol. The van der Waals surface area contributed by atoms with Gasteiger partial charge in [0.2, 0.25) is 0 Å². The summed E-state index contributed by atoms with van der Waals surface area (Å²) >= 11 is 0. The third-order valence-electron chi connectivity index (χ3n) is 3.88. The molecule has 0 aromatic heterocycles. The number of rotatable bonds is 10. The molecule has 0 aliphatic rings. The van der Waals surface area contributed by atoms with Crippen LogP contribution in [0.25, 0.3) is 5.57 Å². The molecule has 3 heteroatoms. The van der Waals surface area contributed by atoms with Crippen LogP contribution >= 0.6 is 0 Å². The SMILES string of the molecule is C/C=C(\C=C/CC)c1ccccc1.C=CN/C=C\C(O)COCc1ccccc1.CC. The van der Waals surface area contributed by atoms with E-state index in [1.54, 1.807) is 12.3 Å². The molecule has 1 atom stereocenters. The first-order valence-electron chi connectivity index (χ1n) is 10.9. The third kappa shape index (κ3) is 14.7. The molecule has 0 saturated carbocycles. The molecular weight excluding hydrogens is 382 g/mol. The van der Waals surface area contributed by atoms with Gasteiger partial charge < -0.3 is 15.2 Å². The predicted octanol–water partition coefficient (Wildman–Crippen LogP) is 6.89. The van der Waals surface area contributed by atoms with Crippen molar-refractivity contribution in [3.05, 3.63) is 115 Å². The first-order valence-corrected chi connectivity index (χ1v) is 10.9. The lowest BCUT2D eigenvalue weighted by Gasteiger charge is -2.07. The van der Waals surface area contributed by atoms with Crippen molar-refractivity contribution in [3.8, 4) is 0 Å². The Kier molecular flexibility index (Phi) is 18.5. The van der Waals surface area contributed by atoms with Crippen molar-refractivity contribution in [3.63, 3.8) is 0 Å². The fraction of sp³-hybridized carbons (Fsp3) is 0.286. The van der Waals surface area contributed by atoms with Gasteiger partial charge in [-0.2, -0.15) is 0 Å². The zero-order valence-corrected chi connectivity index (χ0v) is 19.5. The number of nitrogens with one attached hydrogen (secondary N) is 1. The van der Waals surface area contributed by atoms with Crippen LogP contribution in [-0.2, 0) is 11.3 Å². The van der Waals surface area contributed by atoms with Crippen molar-refractivity contribution in [2.75, 3.05) is 6.61 Å². The van der Waals surface area contributed by atoms with E-state index in [4.69, 9.17) is 4.74 Å². The maximum absolute atomic E-state index is 9.47. The highest BCUT2D eigenvalue weighted by molar-refractivity contribution is 5.73. The van der Waals surface area contributed by atoms with Gasteiger partial charge in [0.25, 0.3) is 0 Å². The van der Waals surface area contributed by atoms with Crippen molar-refractivity contribution in [1.29, 1.82) is 0 Å². The number of hydrogen-bond donors (Lipinski definition) is 2. The van der Waals surface area contributed by atoms with Crippen molar-refractivity contribution in [2.45, 2.75) is 46.8 Å². The van der Waals surface area contributed by atoms with Gasteiger partial charge in [-0.1, -0.05) is 106 Å². The van der Waals surface area contributed by atoms with Gasteiger partial charge in [-0.3, -0.25) is 0 Å². The van der Waals surface area contributed by atoms with Crippen molar-refractivity contribution in [2.24, 2.45) is 0 Å². The Bertz CT molecular complexity index is 749. The van der Waals surface area contributed by atoms with Gasteiger partial charge in [0.05, 0.1) is 19.3 Å². The number of benzene rings is 2. The molecule has 0 amide bonds. The Morgan fingerprint density at radius 2 is 1.68 bits per heavy atom. The Hall–Kier alpha value is -2.88. The van der Waals surface area contributed by atoms with Gasteiger partial charge in [0.15, 0.2) is 0 Å². The van der Waals surface area contributed by atoms with E-state index in [-0.39, 0.29) is 6.61 Å². The van der Waals surface area contributed by atoms with Crippen LogP contribution in [0.15, 0.2) is 104 Å². The first-order chi connectivity index (χ1) is 15.2. The number of hydrogen-bond acceptors (Lipinski definition) is 3. The summed E-state index contributed by atoms with van der Waals surface area (Å²) in [5.74, 6) is 0. The van der Waals surface area contributed by atoms with E-state index < -0.39 is 6.10 Å². The van der Waals surface area contributed by atoms with E-state index in [0.29, 0.717) is 6.61 Å². The molecule has 0 aliphatic heterocycles. The smallest absolute Gasteiger partial charge is 0.0971 e. The number of aliphatic hydroxyl groups is 1. The van der Waals surface area contributed by atoms with Crippen LogP contribution in [0.3, 0.4) is 0 Å². The molecule has 2 aromatic rings. The molecule has 0 fully saturated rings. The van der Waals surface area contributed by atoms with Crippen LogP contribution in [-0.4, -0.2) is 17.8 Å². The molecule has 0 bridgehead atoms. The van der Waals surface area contributed by atoms with Gasteiger partial charge in [-0.25, -0.2) is 0 Å². The molecule has 168 valence electrons. The summed E-state index contributed by atoms with van der Waals surface area (Å²) in [4.78, 5) is 0. The Morgan fingerprint density at radius 3 is 2.23 bits per heavy atom. The van der Waals surface area contributed by atoms with Crippen LogP contribution in [0.4, 0.5) is 0 Å². The summed E-state index contributed by atoms with van der Waals surface area (Å²) in [6.45, 7) is 12.5. The second-order valence-corrected chi connectivity index (χ2v) is 6.22. The highest BCUT2D eigenvalue weighted by atomic mass is 16.5. The van der Waals surface area contributed by atoms with Gasteiger partial charge in [0.1, 0.15) is 0 Å². The molecule has 0 spiro atoms. The average Bonchev–Trinajstić information content (AvgIpc) is 2.83. The van der Waals surface area contributed by atoms with Crippen LogP contribution in [0.2, 0.25) is 0 Å². The number of allylic oxidation sites excluding steroid dienone is 4. The van der Waals surface area contributed by atoms with E-state index in [1.165, 1.54) is 17.3 Å². The van der Waals surface area contributed by atoms with E-state index in [1.807, 2.05) is 50.2 Å². The zero-order valence-electron chi connectivity index (χ0n) is 19.5. The zero-order chi connectivity index (χ0) is 23.2. The lowest BCUT2D eigenvalue weighted by atomic mass is 10.1. The van der Waals surface area contributed by atoms with Crippen LogP contribution in [0, 0.1) is 0 Å². The molecule has 0 saturated heterocycles. The van der Waals surface area contributed by atoms with Crippen LogP contribution < -0.4 is 5.32 Å². The summed E-state index contributed by atoms with van der Waals surface area (Å²) in [5, 5.41) is 12.2. The molecule has 2 N–H and O–H groups in total. The van der Waals surface area contributed by atoms with Gasteiger partial charge >= 0.3 is 0 Å². The number of aliphatic hydroxyl groups excluding tert-OH is 1. The molecular formula is C28H39NO2. The standard InChI is InChI=1S/C13H17NO2.C13H16.C2H6/c1-2-14-9-8-13(15)11-16-10-12-6-4-3-5-7-12;1-3-5-9-12(4-2)13-10-7-6-8-11-13;1-2/h2-9,13-15H,1,10-11H2;4-11H,3H2,1-2H3;1-2H3/b9-8-;9-5-,12-4+;. The summed E-state index contributed by atoms with van der Waals surface area (Å²) in [6.07, 6.45) is 11.8. The maximum atomic E-state index is 9.47. The van der Waals surface area contributed by atoms with Crippen molar-refractivity contribution >= 4 is 5.57 Å². The Labute approximate surface area is 189 Å². The van der Waals surface area contributed by atoms with Crippen molar-refractivity contribution in [1.82, 2.24) is 5.32 Å². The second kappa shape index (κ2) is 20.4. The molecule has 3 nitrogen and oxygen atoms in total. The minimum Gasteiger partial charge on any atom is -0.387 e. The topological polar surface area (TPSA) is 41.5 Å². The Morgan fingerprint density at radius 1 is 1.06 bits per heavy atom. The fourth-order valence-electron chi connectivity index (χ4n) is 2.40. The highest BCUT2D eigenvalue weighted by Gasteiger charge is 1.99. The number of ether oxygens (including phenoxy) is 1. The monoisotopic (exact) mass is 421 g/mol. The van der Waals surface area contributed by atoms with Crippen LogP contribution in [0.1, 0.15) is 45.2 Å². The van der Waals surface area contributed by atoms with E-state index >= 15 is 0 Å². The fourth-order valence-corrected chi connectivity index (χ4v) is 2.40. The molecule has 31 heavy (non-hydrogen) atoms. The summed E-state index contributed by atoms with van der Waals surface area (Å²) < 4.78 is 5.36. The molecule has 2 aromatic carbocycles. The normalized spacial score (nSPS) is 11.8. The van der Waals surface area contributed by atoms with Crippen molar-refractivity contribution < 1.29 is 9.84 Å². The first kappa shape index (κ1) is 28.1. The summed E-state index contributed by atoms with van der Waals surface area (Å²) in [7, 11) is 0. The summed E-state index contributed by atoms with van der Waals surface area (Å²) in [6, 6.07) is 20.3. The van der Waals surface area contributed by atoms with Crippen LogP contribution in [0.5, 0.6) is 0 Å². The van der Waals surface area contributed by atoms with E-state index in [0.717, 1.165) is 12.0 Å². The maximum Gasteiger partial charge on any atom is 0.0971 e. The minimum absolute atomic E-state index is 0.282. The van der Waals surface area contributed by atoms with E-state index in [9.17, 15) is 5.11 Å². The molecule has 0 heterocycles. The molecule has 1 unspecified atom stereocenters. The molecule has 0 radical (unpaired) electrons.